The third-order valence-electron chi connectivity index (χ3n) is 3.06. The van der Waals surface area contributed by atoms with Crippen molar-refractivity contribution in [2.75, 3.05) is 12.3 Å². The van der Waals surface area contributed by atoms with Gasteiger partial charge in [-0.3, -0.25) is 19.2 Å². The number of rotatable bonds is 11. The quantitative estimate of drug-likeness (QED) is 0.160. The lowest BCUT2D eigenvalue weighted by Gasteiger charge is -2.22. The van der Waals surface area contributed by atoms with Gasteiger partial charge in [0.2, 0.25) is 23.6 Å². The van der Waals surface area contributed by atoms with Gasteiger partial charge in [0.25, 0.3) is 0 Å². The van der Waals surface area contributed by atoms with Gasteiger partial charge < -0.3 is 37.6 Å². The van der Waals surface area contributed by atoms with Crippen molar-refractivity contribution in [3.63, 3.8) is 0 Å². The predicted octanol–water partition coefficient (Wildman–Crippen LogP) is -4.33. The van der Waals surface area contributed by atoms with E-state index in [9.17, 15) is 29.1 Å². The lowest BCUT2D eigenvalue weighted by molar-refractivity contribution is -0.143. The lowest BCUT2D eigenvalue weighted by atomic mass is 10.1. The van der Waals surface area contributed by atoms with Gasteiger partial charge in [0, 0.05) is 5.75 Å². The number of primary amides is 1. The predicted molar refractivity (Wildman–Crippen MR) is 91.8 cm³/mol. The van der Waals surface area contributed by atoms with Gasteiger partial charge in [0.05, 0.1) is 25.1 Å². The van der Waals surface area contributed by atoms with Gasteiger partial charge >= 0.3 is 5.97 Å². The third-order valence-corrected chi connectivity index (χ3v) is 3.45. The minimum Gasteiger partial charge on any atom is -0.480 e. The summed E-state index contributed by atoms with van der Waals surface area (Å²) in [4.78, 5) is 57.1. The van der Waals surface area contributed by atoms with Crippen molar-refractivity contribution in [3.8, 4) is 0 Å². The van der Waals surface area contributed by atoms with Crippen molar-refractivity contribution < 1.29 is 34.2 Å². The molecule has 0 fully saturated rings. The van der Waals surface area contributed by atoms with Crippen LogP contribution in [0.2, 0.25) is 0 Å². The van der Waals surface area contributed by atoms with Gasteiger partial charge in [-0.1, -0.05) is 0 Å². The monoisotopic (exact) mass is 393 g/mol. The average Bonchev–Trinajstić information content (AvgIpc) is 2.54. The largest absolute Gasteiger partial charge is 0.480 e. The Bertz CT molecular complexity index is 557. The summed E-state index contributed by atoms with van der Waals surface area (Å²) in [7, 11) is 0. The number of carbonyl (C=O) groups excluding carboxylic acids is 4. The molecule has 4 atom stereocenters. The summed E-state index contributed by atoms with van der Waals surface area (Å²) in [5, 5.41) is 24.8. The fourth-order valence-electron chi connectivity index (χ4n) is 1.67. The molecule has 4 amide bonds. The first-order valence-corrected chi connectivity index (χ1v) is 8.05. The topological polar surface area (TPSA) is 214 Å². The van der Waals surface area contributed by atoms with Crippen LogP contribution < -0.4 is 27.4 Å². The van der Waals surface area contributed by atoms with Gasteiger partial charge in [-0.2, -0.15) is 12.6 Å². The van der Waals surface area contributed by atoms with E-state index in [0.29, 0.717) is 0 Å². The van der Waals surface area contributed by atoms with Crippen LogP contribution in [0.5, 0.6) is 0 Å². The van der Waals surface area contributed by atoms with Crippen molar-refractivity contribution in [2.24, 2.45) is 11.5 Å². The molecule has 0 saturated carbocycles. The molecule has 0 aliphatic carbocycles. The van der Waals surface area contributed by atoms with Crippen molar-refractivity contribution in [1.82, 2.24) is 16.0 Å². The Morgan fingerprint density at radius 2 is 1.69 bits per heavy atom. The summed E-state index contributed by atoms with van der Waals surface area (Å²) >= 11 is 3.84. The molecular weight excluding hydrogens is 370 g/mol. The number of carboxylic acid groups (broad SMARTS) is 1. The fourth-order valence-corrected chi connectivity index (χ4v) is 1.84. The Balaban J connectivity index is 4.71. The Kier molecular flexibility index (Phi) is 10.2. The highest BCUT2D eigenvalue weighted by Crippen LogP contribution is 1.96. The number of carbonyl (C=O) groups is 5. The fraction of sp³-hybridized carbons (Fsp3) is 0.615. The maximum Gasteiger partial charge on any atom is 0.326 e. The highest BCUT2D eigenvalue weighted by atomic mass is 32.1. The summed E-state index contributed by atoms with van der Waals surface area (Å²) in [6.07, 6.45) is -1.92. The molecule has 0 spiro atoms. The van der Waals surface area contributed by atoms with E-state index < -0.39 is 66.8 Å². The van der Waals surface area contributed by atoms with Crippen molar-refractivity contribution >= 4 is 42.2 Å². The SMILES string of the molecule is CC(O)C(NC(=O)C(N)CS)C(=O)NCC(=O)NC(CC(N)=O)C(=O)O. The number of thiol groups is 1. The van der Waals surface area contributed by atoms with Crippen LogP contribution in [0, 0.1) is 0 Å². The maximum atomic E-state index is 12.0. The molecule has 4 unspecified atom stereocenters. The number of aliphatic carboxylic acids is 1. The highest BCUT2D eigenvalue weighted by Gasteiger charge is 2.28. The first-order chi connectivity index (χ1) is 12.0. The lowest BCUT2D eigenvalue weighted by Crippen LogP contribution is -2.57. The Morgan fingerprint density at radius 3 is 2.12 bits per heavy atom. The zero-order valence-corrected chi connectivity index (χ0v) is 14.9. The highest BCUT2D eigenvalue weighted by molar-refractivity contribution is 7.80. The molecule has 0 aromatic rings. The van der Waals surface area contributed by atoms with E-state index in [2.05, 4.69) is 23.3 Å². The number of hydrogen-bond acceptors (Lipinski definition) is 8. The summed E-state index contributed by atoms with van der Waals surface area (Å²) in [5.74, 6) is -4.92. The van der Waals surface area contributed by atoms with E-state index in [1.807, 2.05) is 5.32 Å². The van der Waals surface area contributed by atoms with E-state index in [4.69, 9.17) is 16.6 Å². The molecule has 0 bridgehead atoms. The van der Waals surface area contributed by atoms with Gasteiger partial charge in [0.1, 0.15) is 12.1 Å². The van der Waals surface area contributed by atoms with Crippen LogP contribution in [0.4, 0.5) is 0 Å². The van der Waals surface area contributed by atoms with Gasteiger partial charge in [0.15, 0.2) is 0 Å². The smallest absolute Gasteiger partial charge is 0.326 e. The van der Waals surface area contributed by atoms with Gasteiger partial charge in [-0.25, -0.2) is 4.79 Å². The molecule has 0 radical (unpaired) electrons. The molecule has 0 aromatic heterocycles. The molecule has 12 nitrogen and oxygen atoms in total. The van der Waals surface area contributed by atoms with Crippen LogP contribution in [-0.2, 0) is 24.0 Å². The van der Waals surface area contributed by atoms with Crippen LogP contribution >= 0.6 is 12.6 Å². The number of aliphatic hydroxyl groups excluding tert-OH is 1. The molecular formula is C13H23N5O7S. The van der Waals surface area contributed by atoms with E-state index in [0.717, 1.165) is 0 Å². The van der Waals surface area contributed by atoms with E-state index in [1.54, 1.807) is 0 Å². The molecule has 0 aliphatic heterocycles. The minimum atomic E-state index is -1.54. The van der Waals surface area contributed by atoms with Crippen LogP contribution in [0.1, 0.15) is 13.3 Å². The Hall–Kier alpha value is -2.38. The normalized spacial score (nSPS) is 15.1. The zero-order valence-electron chi connectivity index (χ0n) is 14.0. The van der Waals surface area contributed by atoms with Crippen LogP contribution in [0.25, 0.3) is 0 Å². The molecule has 26 heavy (non-hydrogen) atoms. The molecule has 148 valence electrons. The number of hydrogen-bond donors (Lipinski definition) is 8. The summed E-state index contributed by atoms with van der Waals surface area (Å²) < 4.78 is 0. The third kappa shape index (κ3) is 8.64. The van der Waals surface area contributed by atoms with E-state index >= 15 is 0 Å². The summed E-state index contributed by atoms with van der Waals surface area (Å²) in [6.45, 7) is 0.587. The van der Waals surface area contributed by atoms with Crippen LogP contribution in [0.15, 0.2) is 0 Å². The summed E-state index contributed by atoms with van der Waals surface area (Å²) in [5.41, 5.74) is 10.3. The van der Waals surface area contributed by atoms with Crippen LogP contribution in [-0.4, -0.2) is 76.3 Å². The number of aliphatic hydroxyl groups is 1. The van der Waals surface area contributed by atoms with Crippen molar-refractivity contribution in [1.29, 1.82) is 0 Å². The molecule has 0 aromatic carbocycles. The van der Waals surface area contributed by atoms with Crippen LogP contribution in [0.3, 0.4) is 0 Å². The second-order valence-corrected chi connectivity index (χ2v) is 5.73. The average molecular weight is 393 g/mol. The first-order valence-electron chi connectivity index (χ1n) is 7.42. The maximum absolute atomic E-state index is 12.0. The Morgan fingerprint density at radius 1 is 1.12 bits per heavy atom. The molecule has 0 heterocycles. The van der Waals surface area contributed by atoms with Crippen molar-refractivity contribution in [3.05, 3.63) is 0 Å². The number of carboxylic acids is 1. The van der Waals surface area contributed by atoms with E-state index in [-0.39, 0.29) is 5.75 Å². The molecule has 13 heteroatoms. The minimum absolute atomic E-state index is 0.0127. The standard InChI is InChI=1S/C13H23N5O7S/c1-5(19)10(18-11(22)6(14)4-26)12(23)16-3-9(21)17-7(13(24)25)2-8(15)20/h5-7,10,19,26H,2-4,14H2,1H3,(H2,15,20)(H,16,23)(H,17,21)(H,18,22)(H,24,25). The second-order valence-electron chi connectivity index (χ2n) is 5.36. The molecule has 0 aliphatic rings. The van der Waals surface area contributed by atoms with Gasteiger partial charge in [-0.15, -0.1) is 0 Å². The zero-order chi connectivity index (χ0) is 20.4. The Labute approximate surface area is 154 Å². The first kappa shape index (κ1) is 23.6. The van der Waals surface area contributed by atoms with E-state index in [1.165, 1.54) is 6.92 Å². The molecule has 9 N–H and O–H groups in total. The number of nitrogens with one attached hydrogen (secondary N) is 3. The van der Waals surface area contributed by atoms with Crippen molar-refractivity contribution in [2.45, 2.75) is 37.6 Å². The summed E-state index contributed by atoms with van der Waals surface area (Å²) in [6, 6.07) is -3.93. The number of amides is 4. The molecule has 0 rings (SSSR count). The second kappa shape index (κ2) is 11.3. The van der Waals surface area contributed by atoms with Gasteiger partial charge in [-0.05, 0) is 6.92 Å². The molecule has 0 saturated heterocycles. The number of nitrogens with two attached hydrogens (primary N) is 2.